The summed E-state index contributed by atoms with van der Waals surface area (Å²) >= 11 is 0. The maximum Gasteiger partial charge on any atom is 0.0774 e. The molecule has 4 nitrogen and oxygen atoms in total. The molecule has 3 heterocycles. The van der Waals surface area contributed by atoms with Crippen molar-refractivity contribution in [2.24, 2.45) is 0 Å². The van der Waals surface area contributed by atoms with Gasteiger partial charge in [-0.15, -0.1) is 0 Å². The van der Waals surface area contributed by atoms with E-state index in [-0.39, 0.29) is 20.1 Å². The number of rotatable bonds is 7. The van der Waals surface area contributed by atoms with Gasteiger partial charge in [0, 0.05) is 56.0 Å². The van der Waals surface area contributed by atoms with Crippen molar-refractivity contribution in [1.82, 2.24) is 14.5 Å². The van der Waals surface area contributed by atoms with Crippen molar-refractivity contribution in [1.29, 1.82) is 0 Å². The van der Waals surface area contributed by atoms with Crippen molar-refractivity contribution in [3.8, 4) is 28.2 Å². The summed E-state index contributed by atoms with van der Waals surface area (Å²) in [7, 11) is 0. The maximum absolute atomic E-state index is 6.03. The van der Waals surface area contributed by atoms with Crippen molar-refractivity contribution in [3.63, 3.8) is 0 Å². The van der Waals surface area contributed by atoms with E-state index in [0.717, 1.165) is 45.5 Å². The summed E-state index contributed by atoms with van der Waals surface area (Å²) in [6.45, 7) is 9.11. The molecule has 0 bridgehead atoms. The number of aromatic nitrogens is 3. The van der Waals surface area contributed by atoms with Crippen LogP contribution in [0.5, 0.6) is 0 Å². The second-order valence-electron chi connectivity index (χ2n) is 11.8. The minimum Gasteiger partial charge on any atom is -0.557 e. The van der Waals surface area contributed by atoms with Crippen LogP contribution in [0.2, 0.25) is 0 Å². The van der Waals surface area contributed by atoms with Crippen LogP contribution in [0.4, 0.5) is 0 Å². The number of para-hydroxylation sites is 2. The summed E-state index contributed by atoms with van der Waals surface area (Å²) in [5, 5.41) is 1.00. The molecule has 3 aromatic heterocycles. The Hall–Kier alpha value is -4.31. The second-order valence-corrected chi connectivity index (χ2v) is 11.8. The van der Waals surface area contributed by atoms with Crippen LogP contribution in [0, 0.1) is 6.26 Å². The van der Waals surface area contributed by atoms with Gasteiger partial charge in [0.1, 0.15) is 0 Å². The van der Waals surface area contributed by atoms with Crippen molar-refractivity contribution >= 4 is 22.0 Å². The minimum atomic E-state index is 0. The average Bonchev–Trinajstić information content (AvgIpc) is 3.62. The first kappa shape index (κ1) is 29.7. The van der Waals surface area contributed by atoms with Crippen LogP contribution >= 0.6 is 0 Å². The molecule has 221 valence electrons. The number of fused-ring (bicyclic) bond motifs is 2. The Bertz CT molecular complexity index is 2030. The Morgan fingerprint density at radius 2 is 1.45 bits per heavy atom. The average molecular weight is 753 g/mol. The number of hydrogen-bond acceptors (Lipinski definition) is 3. The predicted octanol–water partition coefficient (Wildman–Crippen LogP) is 10.1. The second kappa shape index (κ2) is 12.4. The van der Waals surface area contributed by atoms with Crippen LogP contribution in [0.1, 0.15) is 61.9 Å². The molecule has 0 atom stereocenters. The van der Waals surface area contributed by atoms with Crippen LogP contribution in [0.25, 0.3) is 50.2 Å². The van der Waals surface area contributed by atoms with E-state index in [9.17, 15) is 0 Å². The molecule has 0 spiro atoms. The van der Waals surface area contributed by atoms with E-state index in [1.807, 2.05) is 24.4 Å². The van der Waals surface area contributed by atoms with Crippen molar-refractivity contribution in [3.05, 3.63) is 138 Å². The summed E-state index contributed by atoms with van der Waals surface area (Å²) in [5.74, 6) is 1.42. The summed E-state index contributed by atoms with van der Waals surface area (Å²) in [4.78, 5) is 9.77. The molecule has 7 rings (SSSR count). The molecule has 44 heavy (non-hydrogen) atoms. The van der Waals surface area contributed by atoms with Gasteiger partial charge >= 0.3 is 0 Å². The van der Waals surface area contributed by atoms with E-state index < -0.39 is 0 Å². The molecule has 0 amide bonds. The number of imidazole rings is 1. The molecule has 5 heteroatoms. The van der Waals surface area contributed by atoms with Crippen LogP contribution in [-0.2, 0) is 26.5 Å². The SMILES string of the molecule is CC(C)c1cc(-c2ccccc2)cc(C(C)C)c1-n1c(-c2[c-]oc3ccc(Cc4ccccn4)cc23)nc2ccccc21.[Ir]. The molecular weight excluding hydrogens is 719 g/mol. The molecule has 0 unspecified atom stereocenters. The van der Waals surface area contributed by atoms with E-state index in [1.165, 1.54) is 33.5 Å². The zero-order valence-electron chi connectivity index (χ0n) is 25.3. The number of furan rings is 1. The molecule has 0 saturated heterocycles. The van der Waals surface area contributed by atoms with E-state index in [2.05, 4.69) is 128 Å². The largest absolute Gasteiger partial charge is 0.557 e. The quantitative estimate of drug-likeness (QED) is 0.152. The predicted molar refractivity (Wildman–Crippen MR) is 176 cm³/mol. The topological polar surface area (TPSA) is 43.9 Å². The fourth-order valence-corrected chi connectivity index (χ4v) is 6.05. The van der Waals surface area contributed by atoms with Crippen molar-refractivity contribution in [2.75, 3.05) is 0 Å². The van der Waals surface area contributed by atoms with E-state index in [4.69, 9.17) is 9.40 Å². The van der Waals surface area contributed by atoms with Gasteiger partial charge in [-0.25, -0.2) is 0 Å². The Morgan fingerprint density at radius 3 is 2.16 bits per heavy atom. The molecule has 0 aliphatic heterocycles. The van der Waals surface area contributed by atoms with Crippen LogP contribution in [0.3, 0.4) is 0 Å². The number of hydrogen-bond donors (Lipinski definition) is 0. The van der Waals surface area contributed by atoms with Crippen LogP contribution < -0.4 is 0 Å². The zero-order valence-corrected chi connectivity index (χ0v) is 27.7. The van der Waals surface area contributed by atoms with Gasteiger partial charge in [-0.3, -0.25) is 9.97 Å². The summed E-state index contributed by atoms with van der Waals surface area (Å²) < 4.78 is 8.38. The number of nitrogens with zero attached hydrogens (tertiary/aromatic N) is 3. The Labute approximate surface area is 272 Å². The number of pyridine rings is 1. The summed E-state index contributed by atoms with van der Waals surface area (Å²) in [6.07, 6.45) is 5.84. The molecule has 0 fully saturated rings. The zero-order chi connectivity index (χ0) is 29.5. The number of benzene rings is 4. The van der Waals surface area contributed by atoms with Crippen molar-refractivity contribution < 1.29 is 24.5 Å². The standard InChI is InChI=1S/C39H34N3O.Ir/c1-25(2)31-22-29(28-12-6-5-7-13-28)23-32(26(3)4)38(31)42-36-16-9-8-15-35(36)41-39(42)34-24-43-37-18-17-27(21-33(34)37)20-30-14-10-11-19-40-30;/h5-19,21-23,25-26H,20H2,1-4H3;/q-1;. The third-order valence-corrected chi connectivity index (χ3v) is 8.22. The summed E-state index contributed by atoms with van der Waals surface area (Å²) in [6, 6.07) is 36.2. The van der Waals surface area contributed by atoms with Gasteiger partial charge in [-0.05, 0) is 70.5 Å². The smallest absolute Gasteiger partial charge is 0.0774 e. The first-order valence-electron chi connectivity index (χ1n) is 15.0. The molecule has 0 saturated carbocycles. The fourth-order valence-electron chi connectivity index (χ4n) is 6.05. The van der Waals surface area contributed by atoms with E-state index in [0.29, 0.717) is 11.8 Å². The maximum atomic E-state index is 6.03. The molecule has 0 aliphatic carbocycles. The Kier molecular flexibility index (Phi) is 8.35. The van der Waals surface area contributed by atoms with Gasteiger partial charge in [0.25, 0.3) is 0 Å². The van der Waals surface area contributed by atoms with Crippen molar-refractivity contribution in [2.45, 2.75) is 46.0 Å². The van der Waals surface area contributed by atoms with Crippen LogP contribution in [-0.4, -0.2) is 14.5 Å². The molecular formula is C39H34IrN3O-. The van der Waals surface area contributed by atoms with Gasteiger partial charge in [0.05, 0.1) is 16.9 Å². The Morgan fingerprint density at radius 1 is 0.750 bits per heavy atom. The summed E-state index contributed by atoms with van der Waals surface area (Å²) in [5.41, 5.74) is 12.1. The van der Waals surface area contributed by atoms with Gasteiger partial charge in [-0.2, -0.15) is 0 Å². The minimum absolute atomic E-state index is 0. The molecule has 1 radical (unpaired) electrons. The molecule has 7 aromatic rings. The Balaban J connectivity index is 0.00000343. The van der Waals surface area contributed by atoms with Crippen LogP contribution in [0.15, 0.2) is 114 Å². The molecule has 4 aromatic carbocycles. The molecule has 0 aliphatic rings. The first-order chi connectivity index (χ1) is 21.0. The van der Waals surface area contributed by atoms with Gasteiger partial charge in [0.15, 0.2) is 0 Å². The van der Waals surface area contributed by atoms with E-state index >= 15 is 0 Å². The normalized spacial score (nSPS) is 11.5. The van der Waals surface area contributed by atoms with Gasteiger partial charge in [-0.1, -0.05) is 111 Å². The third-order valence-electron chi connectivity index (χ3n) is 8.22. The monoisotopic (exact) mass is 753 g/mol. The first-order valence-corrected chi connectivity index (χ1v) is 15.0. The van der Waals surface area contributed by atoms with E-state index in [1.54, 1.807) is 0 Å². The van der Waals surface area contributed by atoms with Gasteiger partial charge < -0.3 is 8.98 Å². The van der Waals surface area contributed by atoms with Gasteiger partial charge in [0.2, 0.25) is 0 Å². The fraction of sp³-hybridized carbons (Fsp3) is 0.179. The molecule has 0 N–H and O–H groups in total. The third kappa shape index (κ3) is 5.43.